The van der Waals surface area contributed by atoms with Crippen molar-refractivity contribution in [3.05, 3.63) is 72.3 Å². The fourth-order valence-corrected chi connectivity index (χ4v) is 3.96. The van der Waals surface area contributed by atoms with Crippen LogP contribution in [0.15, 0.2) is 71.6 Å². The number of carbonyl (C=O) groups excluding carboxylic acids is 2. The van der Waals surface area contributed by atoms with Crippen LogP contribution in [0.2, 0.25) is 0 Å². The second kappa shape index (κ2) is 11.3. The van der Waals surface area contributed by atoms with Gasteiger partial charge >= 0.3 is 5.97 Å². The average molecular weight is 482 g/mol. The number of anilines is 1. The number of hydrogen-bond acceptors (Lipinski definition) is 8. The summed E-state index contributed by atoms with van der Waals surface area (Å²) in [6.45, 7) is 0.475. The number of esters is 1. The number of carbonyl (C=O) groups is 2. The Labute approximate surface area is 201 Å². The zero-order chi connectivity index (χ0) is 23.8. The van der Waals surface area contributed by atoms with Gasteiger partial charge in [-0.25, -0.2) is 4.79 Å². The highest BCUT2D eigenvalue weighted by Gasteiger charge is 2.16. The van der Waals surface area contributed by atoms with E-state index in [1.165, 1.54) is 11.8 Å². The van der Waals surface area contributed by atoms with E-state index in [9.17, 15) is 9.59 Å². The van der Waals surface area contributed by atoms with E-state index < -0.39 is 5.97 Å². The van der Waals surface area contributed by atoms with Gasteiger partial charge in [0.2, 0.25) is 12.7 Å². The summed E-state index contributed by atoms with van der Waals surface area (Å²) in [4.78, 5) is 25.6. The van der Waals surface area contributed by atoms with Crippen LogP contribution in [-0.2, 0) is 9.53 Å². The molecule has 4 rings (SSSR count). The van der Waals surface area contributed by atoms with Gasteiger partial charge in [-0.05, 0) is 48.5 Å². The Balaban J connectivity index is 1.25. The Morgan fingerprint density at radius 2 is 1.71 bits per heavy atom. The summed E-state index contributed by atoms with van der Waals surface area (Å²) in [6.07, 6.45) is 0. The summed E-state index contributed by atoms with van der Waals surface area (Å²) in [5, 5.41) is 2.82. The molecule has 0 aromatic heterocycles. The smallest absolute Gasteiger partial charge is 0.339 e. The Kier molecular flexibility index (Phi) is 7.77. The first-order valence-electron chi connectivity index (χ1n) is 10.5. The van der Waals surface area contributed by atoms with Crippen molar-refractivity contribution in [2.75, 3.05) is 38.2 Å². The molecule has 3 aromatic rings. The summed E-state index contributed by atoms with van der Waals surface area (Å²) in [5.41, 5.74) is 1.01. The highest BCUT2D eigenvalue weighted by molar-refractivity contribution is 8.00. The lowest BCUT2D eigenvalue weighted by Gasteiger charge is -2.11. The summed E-state index contributed by atoms with van der Waals surface area (Å²) < 4.78 is 26.6. The molecule has 9 heteroatoms. The zero-order valence-electron chi connectivity index (χ0n) is 18.4. The van der Waals surface area contributed by atoms with Crippen molar-refractivity contribution in [3.63, 3.8) is 0 Å². The lowest BCUT2D eigenvalue weighted by atomic mass is 10.2. The van der Waals surface area contributed by atoms with Crippen LogP contribution < -0.4 is 24.3 Å². The standard InChI is InChI=1S/C25H23NO7S/c1-29-18-7-9-19(10-8-18)30-12-13-31-25(28)20-4-2-3-5-23(20)34-15-24(27)26-17-6-11-21-22(14-17)33-16-32-21/h2-11,14H,12-13,15-16H2,1H3,(H,26,27). The molecule has 0 saturated carbocycles. The molecule has 0 atom stereocenters. The fourth-order valence-electron chi connectivity index (χ4n) is 3.12. The van der Waals surface area contributed by atoms with Gasteiger partial charge in [-0.15, -0.1) is 11.8 Å². The molecule has 3 aromatic carbocycles. The first-order valence-corrected chi connectivity index (χ1v) is 11.5. The molecule has 176 valence electrons. The molecule has 0 spiro atoms. The lowest BCUT2D eigenvalue weighted by Crippen LogP contribution is -2.15. The lowest BCUT2D eigenvalue weighted by molar-refractivity contribution is -0.113. The van der Waals surface area contributed by atoms with Gasteiger partial charge in [-0.3, -0.25) is 4.79 Å². The molecule has 0 bridgehead atoms. The summed E-state index contributed by atoms with van der Waals surface area (Å²) in [6, 6.07) is 19.3. The molecule has 1 N–H and O–H groups in total. The average Bonchev–Trinajstić information content (AvgIpc) is 3.34. The van der Waals surface area contributed by atoms with Gasteiger partial charge in [0.1, 0.15) is 24.7 Å². The molecule has 0 aliphatic carbocycles. The van der Waals surface area contributed by atoms with Crippen LogP contribution in [-0.4, -0.2) is 44.7 Å². The van der Waals surface area contributed by atoms with Crippen molar-refractivity contribution >= 4 is 29.3 Å². The SMILES string of the molecule is COc1ccc(OCCOC(=O)c2ccccc2SCC(=O)Nc2ccc3c(c2)OCO3)cc1. The number of hydrogen-bond donors (Lipinski definition) is 1. The van der Waals surface area contributed by atoms with Crippen LogP contribution in [0, 0.1) is 0 Å². The molecule has 0 saturated heterocycles. The van der Waals surface area contributed by atoms with Crippen LogP contribution in [0.5, 0.6) is 23.0 Å². The molecule has 8 nitrogen and oxygen atoms in total. The fraction of sp³-hybridized carbons (Fsp3) is 0.200. The molecule has 0 radical (unpaired) electrons. The van der Waals surface area contributed by atoms with Crippen molar-refractivity contribution in [3.8, 4) is 23.0 Å². The van der Waals surface area contributed by atoms with Gasteiger partial charge in [0.05, 0.1) is 18.4 Å². The quantitative estimate of drug-likeness (QED) is 0.259. The second-order valence-electron chi connectivity index (χ2n) is 7.06. The molecule has 1 aliphatic rings. The number of ether oxygens (including phenoxy) is 5. The largest absolute Gasteiger partial charge is 0.497 e. The molecule has 34 heavy (non-hydrogen) atoms. The van der Waals surface area contributed by atoms with Crippen molar-refractivity contribution in [2.45, 2.75) is 4.90 Å². The first-order chi connectivity index (χ1) is 16.6. The van der Waals surface area contributed by atoms with E-state index in [2.05, 4.69) is 5.32 Å². The predicted molar refractivity (Wildman–Crippen MR) is 127 cm³/mol. The maximum Gasteiger partial charge on any atom is 0.339 e. The van der Waals surface area contributed by atoms with Crippen molar-refractivity contribution in [2.24, 2.45) is 0 Å². The number of thioether (sulfide) groups is 1. The third kappa shape index (κ3) is 6.14. The van der Waals surface area contributed by atoms with E-state index in [4.69, 9.17) is 23.7 Å². The zero-order valence-corrected chi connectivity index (χ0v) is 19.3. The van der Waals surface area contributed by atoms with E-state index in [-0.39, 0.29) is 31.7 Å². The van der Waals surface area contributed by atoms with Crippen molar-refractivity contribution < 1.29 is 33.3 Å². The van der Waals surface area contributed by atoms with Crippen LogP contribution in [0.1, 0.15) is 10.4 Å². The minimum absolute atomic E-state index is 0.0917. The van der Waals surface area contributed by atoms with Gasteiger partial charge in [-0.1, -0.05) is 12.1 Å². The summed E-state index contributed by atoms with van der Waals surface area (Å²) >= 11 is 1.26. The minimum atomic E-state index is -0.474. The van der Waals surface area contributed by atoms with Crippen LogP contribution in [0.25, 0.3) is 0 Å². The Morgan fingerprint density at radius 3 is 2.53 bits per heavy atom. The van der Waals surface area contributed by atoms with E-state index in [0.717, 1.165) is 5.75 Å². The van der Waals surface area contributed by atoms with E-state index in [0.29, 0.717) is 33.4 Å². The monoisotopic (exact) mass is 481 g/mol. The third-order valence-electron chi connectivity index (χ3n) is 4.77. The maximum absolute atomic E-state index is 12.6. The maximum atomic E-state index is 12.6. The normalized spacial score (nSPS) is 11.6. The van der Waals surface area contributed by atoms with E-state index in [1.807, 2.05) is 6.07 Å². The molecule has 1 aliphatic heterocycles. The van der Waals surface area contributed by atoms with Crippen LogP contribution in [0.4, 0.5) is 5.69 Å². The highest BCUT2D eigenvalue weighted by Crippen LogP contribution is 2.34. The van der Waals surface area contributed by atoms with Crippen LogP contribution in [0.3, 0.4) is 0 Å². The van der Waals surface area contributed by atoms with Crippen LogP contribution >= 0.6 is 11.8 Å². The molecular weight excluding hydrogens is 458 g/mol. The number of benzene rings is 3. The Hall–Kier alpha value is -3.85. The van der Waals surface area contributed by atoms with Gasteiger partial charge in [0, 0.05) is 16.6 Å². The highest BCUT2D eigenvalue weighted by atomic mass is 32.2. The van der Waals surface area contributed by atoms with Crippen molar-refractivity contribution in [1.82, 2.24) is 0 Å². The Bertz CT molecular complexity index is 1150. The number of methoxy groups -OCH3 is 1. The minimum Gasteiger partial charge on any atom is -0.497 e. The van der Waals surface area contributed by atoms with Gasteiger partial charge in [-0.2, -0.15) is 0 Å². The molecular formula is C25H23NO7S. The molecule has 0 fully saturated rings. The van der Waals surface area contributed by atoms with E-state index in [1.54, 1.807) is 67.8 Å². The molecule has 1 heterocycles. The van der Waals surface area contributed by atoms with Crippen molar-refractivity contribution in [1.29, 1.82) is 0 Å². The molecule has 0 unspecified atom stereocenters. The number of rotatable bonds is 10. The topological polar surface area (TPSA) is 92.3 Å². The summed E-state index contributed by atoms with van der Waals surface area (Å²) in [7, 11) is 1.59. The van der Waals surface area contributed by atoms with Gasteiger partial charge in [0.25, 0.3) is 0 Å². The first kappa shape index (κ1) is 23.3. The number of fused-ring (bicyclic) bond motifs is 1. The molecule has 1 amide bonds. The predicted octanol–water partition coefficient (Wildman–Crippen LogP) is 4.39. The Morgan fingerprint density at radius 1 is 0.941 bits per heavy atom. The third-order valence-corrected chi connectivity index (χ3v) is 5.84. The van der Waals surface area contributed by atoms with E-state index >= 15 is 0 Å². The number of nitrogens with one attached hydrogen (secondary N) is 1. The van der Waals surface area contributed by atoms with Gasteiger partial charge < -0.3 is 29.0 Å². The number of amides is 1. The van der Waals surface area contributed by atoms with Gasteiger partial charge in [0.15, 0.2) is 11.5 Å². The second-order valence-corrected chi connectivity index (χ2v) is 8.08. The summed E-state index contributed by atoms with van der Waals surface area (Å²) in [5.74, 6) is 2.07.